The summed E-state index contributed by atoms with van der Waals surface area (Å²) in [6.45, 7) is -0.0395. The normalized spacial score (nSPS) is 12.9. The van der Waals surface area contributed by atoms with Crippen LogP contribution in [0.4, 0.5) is 11.4 Å². The second-order valence-electron chi connectivity index (χ2n) is 6.29. The largest absolute Gasteiger partial charge is 0.479 e. The molecular formula is C22H18N2O3. The molecule has 0 fully saturated rings. The average molecular weight is 358 g/mol. The molecule has 3 aromatic rings. The summed E-state index contributed by atoms with van der Waals surface area (Å²) in [5.41, 5.74) is 3.88. The first-order chi connectivity index (χ1) is 13.1. The third-order valence-corrected chi connectivity index (χ3v) is 4.57. The van der Waals surface area contributed by atoms with Crippen LogP contribution in [-0.4, -0.2) is 25.5 Å². The number of carbonyl (C=O) groups is 2. The first-order valence-corrected chi connectivity index (χ1v) is 8.63. The molecule has 1 N–H and O–H groups in total. The zero-order valence-corrected chi connectivity index (χ0v) is 14.8. The number of hydrogen-bond acceptors (Lipinski definition) is 3. The number of likely N-dealkylation sites (N-methyl/N-ethyl adjacent to an activating group) is 1. The van der Waals surface area contributed by atoms with Crippen LogP contribution in [-0.2, 0) is 4.79 Å². The fourth-order valence-electron chi connectivity index (χ4n) is 3.04. The number of amides is 2. The minimum absolute atomic E-state index is 0.0395. The molecule has 0 aliphatic carbocycles. The first-order valence-electron chi connectivity index (χ1n) is 8.63. The van der Waals surface area contributed by atoms with E-state index in [1.807, 2.05) is 42.5 Å². The molecule has 0 saturated carbocycles. The van der Waals surface area contributed by atoms with Crippen molar-refractivity contribution in [2.24, 2.45) is 0 Å². The standard InChI is InChI=1S/C22H18N2O3/c1-24-19-9-5-8-18(21(19)27-14-20(24)25)23-22(26)17-12-10-16(11-13-17)15-6-3-2-4-7-15/h2-13H,14H2,1H3,(H,23,26). The van der Waals surface area contributed by atoms with Gasteiger partial charge in [-0.3, -0.25) is 9.59 Å². The van der Waals surface area contributed by atoms with Crippen LogP contribution in [0.25, 0.3) is 11.1 Å². The fourth-order valence-corrected chi connectivity index (χ4v) is 3.04. The Bertz CT molecular complexity index is 998. The van der Waals surface area contributed by atoms with Crippen LogP contribution in [0.15, 0.2) is 72.8 Å². The van der Waals surface area contributed by atoms with Crippen molar-refractivity contribution >= 4 is 23.2 Å². The lowest BCUT2D eigenvalue weighted by molar-refractivity contribution is -0.120. The molecule has 5 nitrogen and oxygen atoms in total. The Hall–Kier alpha value is -3.60. The van der Waals surface area contributed by atoms with E-state index in [-0.39, 0.29) is 18.4 Å². The van der Waals surface area contributed by atoms with Gasteiger partial charge in [0, 0.05) is 12.6 Å². The minimum atomic E-state index is -0.230. The molecule has 1 aliphatic rings. The number of ether oxygens (including phenoxy) is 1. The van der Waals surface area contributed by atoms with Gasteiger partial charge in [-0.25, -0.2) is 0 Å². The van der Waals surface area contributed by atoms with Crippen molar-refractivity contribution in [2.45, 2.75) is 0 Å². The number of hydrogen-bond donors (Lipinski definition) is 1. The molecule has 0 radical (unpaired) electrons. The third-order valence-electron chi connectivity index (χ3n) is 4.57. The summed E-state index contributed by atoms with van der Waals surface area (Å²) < 4.78 is 5.55. The van der Waals surface area contributed by atoms with Gasteiger partial charge in [-0.15, -0.1) is 0 Å². The zero-order chi connectivity index (χ0) is 18.8. The zero-order valence-electron chi connectivity index (χ0n) is 14.8. The van der Waals surface area contributed by atoms with Crippen molar-refractivity contribution in [1.82, 2.24) is 0 Å². The molecular weight excluding hydrogens is 340 g/mol. The van der Waals surface area contributed by atoms with Gasteiger partial charge in [0.25, 0.3) is 11.8 Å². The van der Waals surface area contributed by atoms with Crippen LogP contribution in [0.5, 0.6) is 5.75 Å². The Labute approximate surface area is 157 Å². The number of carbonyl (C=O) groups excluding carboxylic acids is 2. The van der Waals surface area contributed by atoms with Gasteiger partial charge in [0.05, 0.1) is 11.4 Å². The molecule has 5 heteroatoms. The van der Waals surface area contributed by atoms with Crippen molar-refractivity contribution < 1.29 is 14.3 Å². The second-order valence-corrected chi connectivity index (χ2v) is 6.29. The number of rotatable bonds is 3. The molecule has 4 rings (SSSR count). The number of para-hydroxylation sites is 1. The predicted molar refractivity (Wildman–Crippen MR) is 105 cm³/mol. The van der Waals surface area contributed by atoms with E-state index in [2.05, 4.69) is 5.32 Å². The molecule has 0 saturated heterocycles. The lowest BCUT2D eigenvalue weighted by Gasteiger charge is -2.27. The van der Waals surface area contributed by atoms with E-state index in [9.17, 15) is 9.59 Å². The van der Waals surface area contributed by atoms with E-state index in [4.69, 9.17) is 4.74 Å². The molecule has 1 aliphatic heterocycles. The Morgan fingerprint density at radius 3 is 2.37 bits per heavy atom. The van der Waals surface area contributed by atoms with Crippen molar-refractivity contribution in [3.63, 3.8) is 0 Å². The van der Waals surface area contributed by atoms with E-state index in [1.165, 1.54) is 4.90 Å². The molecule has 27 heavy (non-hydrogen) atoms. The Balaban J connectivity index is 1.56. The van der Waals surface area contributed by atoms with Gasteiger partial charge < -0.3 is 15.0 Å². The number of fused-ring (bicyclic) bond motifs is 1. The van der Waals surface area contributed by atoms with Crippen molar-refractivity contribution in [3.8, 4) is 16.9 Å². The summed E-state index contributed by atoms with van der Waals surface area (Å²) in [7, 11) is 1.69. The number of nitrogens with one attached hydrogen (secondary N) is 1. The predicted octanol–water partition coefficient (Wildman–Crippen LogP) is 3.96. The molecule has 0 aromatic heterocycles. The highest BCUT2D eigenvalue weighted by molar-refractivity contribution is 6.07. The average Bonchev–Trinajstić information content (AvgIpc) is 2.72. The van der Waals surface area contributed by atoms with Crippen molar-refractivity contribution in [2.75, 3.05) is 23.9 Å². The summed E-state index contributed by atoms with van der Waals surface area (Å²) in [6.07, 6.45) is 0. The molecule has 3 aromatic carbocycles. The maximum absolute atomic E-state index is 12.6. The number of nitrogens with zero attached hydrogens (tertiary/aromatic N) is 1. The van der Waals surface area contributed by atoms with Gasteiger partial charge in [0.1, 0.15) is 0 Å². The summed E-state index contributed by atoms with van der Waals surface area (Å²) in [5.74, 6) is 0.155. The van der Waals surface area contributed by atoms with E-state index in [1.54, 1.807) is 37.4 Å². The lowest BCUT2D eigenvalue weighted by Crippen LogP contribution is -2.35. The van der Waals surface area contributed by atoms with Gasteiger partial charge in [-0.05, 0) is 35.4 Å². The Morgan fingerprint density at radius 1 is 0.926 bits per heavy atom. The SMILES string of the molecule is CN1C(=O)COc2c(NC(=O)c3ccc(-c4ccccc4)cc3)cccc21. The first kappa shape index (κ1) is 16.8. The van der Waals surface area contributed by atoms with Crippen molar-refractivity contribution in [1.29, 1.82) is 0 Å². The van der Waals surface area contributed by atoms with Crippen LogP contribution in [0.2, 0.25) is 0 Å². The summed E-state index contributed by atoms with van der Waals surface area (Å²) >= 11 is 0. The van der Waals surface area contributed by atoms with Crippen LogP contribution < -0.4 is 15.0 Å². The highest BCUT2D eigenvalue weighted by atomic mass is 16.5. The Kier molecular flexibility index (Phi) is 4.34. The maximum atomic E-state index is 12.6. The summed E-state index contributed by atoms with van der Waals surface area (Å²) in [5, 5.41) is 2.88. The smallest absolute Gasteiger partial charge is 0.264 e. The number of benzene rings is 3. The monoisotopic (exact) mass is 358 g/mol. The van der Waals surface area contributed by atoms with Crippen LogP contribution in [0, 0.1) is 0 Å². The summed E-state index contributed by atoms with van der Waals surface area (Å²) in [6, 6.07) is 22.8. The highest BCUT2D eigenvalue weighted by Gasteiger charge is 2.25. The number of anilines is 2. The fraction of sp³-hybridized carbons (Fsp3) is 0.0909. The molecule has 0 bridgehead atoms. The topological polar surface area (TPSA) is 58.6 Å². The van der Waals surface area contributed by atoms with Crippen LogP contribution in [0.3, 0.4) is 0 Å². The van der Waals surface area contributed by atoms with E-state index >= 15 is 0 Å². The molecule has 1 heterocycles. The van der Waals surface area contributed by atoms with E-state index in [0.717, 1.165) is 11.1 Å². The van der Waals surface area contributed by atoms with E-state index in [0.29, 0.717) is 22.7 Å². The second kappa shape index (κ2) is 6.96. The van der Waals surface area contributed by atoms with E-state index < -0.39 is 0 Å². The van der Waals surface area contributed by atoms with Gasteiger partial charge in [0.15, 0.2) is 12.4 Å². The lowest BCUT2D eigenvalue weighted by atomic mass is 10.0. The molecule has 0 atom stereocenters. The van der Waals surface area contributed by atoms with Crippen molar-refractivity contribution in [3.05, 3.63) is 78.4 Å². The third kappa shape index (κ3) is 3.27. The van der Waals surface area contributed by atoms with Gasteiger partial charge in [0.2, 0.25) is 0 Å². The minimum Gasteiger partial charge on any atom is -0.479 e. The summed E-state index contributed by atoms with van der Waals surface area (Å²) in [4.78, 5) is 26.0. The van der Waals surface area contributed by atoms with Gasteiger partial charge in [-0.1, -0.05) is 48.5 Å². The van der Waals surface area contributed by atoms with Gasteiger partial charge in [-0.2, -0.15) is 0 Å². The highest BCUT2D eigenvalue weighted by Crippen LogP contribution is 2.38. The molecule has 0 unspecified atom stereocenters. The maximum Gasteiger partial charge on any atom is 0.264 e. The quantitative estimate of drug-likeness (QED) is 0.771. The van der Waals surface area contributed by atoms with Crippen LogP contribution in [0.1, 0.15) is 10.4 Å². The molecule has 2 amide bonds. The van der Waals surface area contributed by atoms with Gasteiger partial charge >= 0.3 is 0 Å². The Morgan fingerprint density at radius 2 is 1.63 bits per heavy atom. The molecule has 0 spiro atoms. The van der Waals surface area contributed by atoms with Crippen LogP contribution >= 0.6 is 0 Å². The molecule has 134 valence electrons.